The van der Waals surface area contributed by atoms with Crippen molar-refractivity contribution in [3.8, 4) is 0 Å². The van der Waals surface area contributed by atoms with Crippen LogP contribution in [0.1, 0.15) is 83.1 Å². The molecular formula is C20H30O. The van der Waals surface area contributed by atoms with Gasteiger partial charge in [-0.1, -0.05) is 46.8 Å². The molecule has 0 amide bonds. The summed E-state index contributed by atoms with van der Waals surface area (Å²) in [6.07, 6.45) is 4.46. The molecule has 2 aliphatic carbocycles. The summed E-state index contributed by atoms with van der Waals surface area (Å²) in [5.74, 6) is 0. The summed E-state index contributed by atoms with van der Waals surface area (Å²) in [5.41, 5.74) is 6.47. The van der Waals surface area contributed by atoms with Gasteiger partial charge in [-0.3, -0.25) is 0 Å². The van der Waals surface area contributed by atoms with Crippen LogP contribution in [0.5, 0.6) is 0 Å². The molecule has 1 nitrogen and oxygen atoms in total. The molecule has 116 valence electrons. The molecule has 0 bridgehead atoms. The summed E-state index contributed by atoms with van der Waals surface area (Å²) >= 11 is 0. The predicted octanol–water partition coefficient (Wildman–Crippen LogP) is 4.62. The lowest BCUT2D eigenvalue weighted by Gasteiger charge is -2.29. The van der Waals surface area contributed by atoms with Gasteiger partial charge in [0.1, 0.15) is 0 Å². The van der Waals surface area contributed by atoms with Crippen molar-refractivity contribution in [1.82, 2.24) is 0 Å². The average molecular weight is 286 g/mol. The van der Waals surface area contributed by atoms with Crippen LogP contribution in [0.4, 0.5) is 0 Å². The number of aliphatic hydroxyl groups excluding tert-OH is 1. The van der Waals surface area contributed by atoms with E-state index in [-0.39, 0.29) is 22.3 Å². The maximum atomic E-state index is 10.4. The molecule has 3 rings (SSSR count). The van der Waals surface area contributed by atoms with Gasteiger partial charge in [0.25, 0.3) is 0 Å². The van der Waals surface area contributed by atoms with Crippen LogP contribution >= 0.6 is 0 Å². The molecule has 1 heteroatoms. The molecule has 1 atom stereocenters. The molecule has 1 aromatic rings. The first kappa shape index (κ1) is 15.1. The molecule has 1 unspecified atom stereocenters. The summed E-state index contributed by atoms with van der Waals surface area (Å²) in [6.45, 7) is 13.6. The topological polar surface area (TPSA) is 20.2 Å². The number of rotatable bonds is 2. The molecule has 1 saturated carbocycles. The van der Waals surface area contributed by atoms with Crippen molar-refractivity contribution in [2.45, 2.75) is 89.6 Å². The SMILES string of the molecule is CC(O)C1(c2cc(C(C)(C)C)cc3c2CCC3(C)C)CC1. The van der Waals surface area contributed by atoms with Gasteiger partial charge >= 0.3 is 0 Å². The zero-order valence-corrected chi connectivity index (χ0v) is 14.5. The van der Waals surface area contributed by atoms with Crippen LogP contribution in [0, 0.1) is 0 Å². The molecule has 0 aromatic heterocycles. The summed E-state index contributed by atoms with van der Waals surface area (Å²) in [4.78, 5) is 0. The van der Waals surface area contributed by atoms with E-state index >= 15 is 0 Å². The Labute approximate surface area is 129 Å². The van der Waals surface area contributed by atoms with Crippen molar-refractivity contribution >= 4 is 0 Å². The van der Waals surface area contributed by atoms with Crippen LogP contribution in [0.15, 0.2) is 12.1 Å². The van der Waals surface area contributed by atoms with E-state index < -0.39 is 0 Å². The zero-order chi connectivity index (χ0) is 15.6. The second-order valence-corrected chi connectivity index (χ2v) is 9.02. The van der Waals surface area contributed by atoms with Gasteiger partial charge in [-0.15, -0.1) is 0 Å². The Morgan fingerprint density at radius 2 is 1.62 bits per heavy atom. The Hall–Kier alpha value is -0.820. The van der Waals surface area contributed by atoms with Crippen molar-refractivity contribution in [1.29, 1.82) is 0 Å². The van der Waals surface area contributed by atoms with E-state index in [0.717, 1.165) is 12.8 Å². The van der Waals surface area contributed by atoms with Gasteiger partial charge in [0.15, 0.2) is 0 Å². The number of fused-ring (bicyclic) bond motifs is 1. The third-order valence-electron chi connectivity index (χ3n) is 5.97. The summed E-state index contributed by atoms with van der Waals surface area (Å²) in [5, 5.41) is 10.4. The first-order valence-electron chi connectivity index (χ1n) is 8.44. The van der Waals surface area contributed by atoms with E-state index in [4.69, 9.17) is 0 Å². The maximum Gasteiger partial charge on any atom is 0.0608 e. The highest BCUT2D eigenvalue weighted by molar-refractivity contribution is 5.53. The predicted molar refractivity (Wildman–Crippen MR) is 89.1 cm³/mol. The average Bonchev–Trinajstić information content (AvgIpc) is 3.10. The first-order valence-corrected chi connectivity index (χ1v) is 8.44. The Morgan fingerprint density at radius 1 is 1.05 bits per heavy atom. The van der Waals surface area contributed by atoms with Gasteiger partial charge in [-0.25, -0.2) is 0 Å². The van der Waals surface area contributed by atoms with Crippen LogP contribution in [-0.4, -0.2) is 11.2 Å². The van der Waals surface area contributed by atoms with Crippen molar-refractivity contribution in [2.24, 2.45) is 0 Å². The molecule has 1 aromatic carbocycles. The molecular weight excluding hydrogens is 256 g/mol. The fourth-order valence-electron chi connectivity index (χ4n) is 4.04. The summed E-state index contributed by atoms with van der Waals surface area (Å²) in [6, 6.07) is 4.86. The second kappa shape index (κ2) is 4.35. The number of hydrogen-bond donors (Lipinski definition) is 1. The zero-order valence-electron chi connectivity index (χ0n) is 14.5. The minimum atomic E-state index is -0.236. The van der Waals surface area contributed by atoms with E-state index in [1.165, 1.54) is 29.5 Å². The fourth-order valence-corrected chi connectivity index (χ4v) is 4.04. The normalized spacial score (nSPS) is 23.8. The molecule has 0 radical (unpaired) electrons. The Balaban J connectivity index is 2.23. The lowest BCUT2D eigenvalue weighted by atomic mass is 9.76. The number of aliphatic hydroxyl groups is 1. The third-order valence-corrected chi connectivity index (χ3v) is 5.97. The smallest absolute Gasteiger partial charge is 0.0608 e. The molecule has 0 heterocycles. The largest absolute Gasteiger partial charge is 0.392 e. The van der Waals surface area contributed by atoms with Crippen LogP contribution in [0.2, 0.25) is 0 Å². The standard InChI is InChI=1S/C20H30O/c1-13(21)20(9-10-20)17-12-14(18(2,3)4)11-16-15(17)7-8-19(16,5)6/h11-13,21H,7-10H2,1-6H3. The first-order chi connectivity index (χ1) is 9.58. The van der Waals surface area contributed by atoms with Crippen LogP contribution in [-0.2, 0) is 22.7 Å². The highest BCUT2D eigenvalue weighted by Crippen LogP contribution is 2.55. The maximum absolute atomic E-state index is 10.4. The van der Waals surface area contributed by atoms with Gasteiger partial charge in [0.2, 0.25) is 0 Å². The van der Waals surface area contributed by atoms with Gasteiger partial charge in [-0.2, -0.15) is 0 Å². The molecule has 1 N–H and O–H groups in total. The van der Waals surface area contributed by atoms with Crippen molar-refractivity contribution in [2.75, 3.05) is 0 Å². The fraction of sp³-hybridized carbons (Fsp3) is 0.700. The molecule has 0 aliphatic heterocycles. The van der Waals surface area contributed by atoms with Crippen molar-refractivity contribution in [3.05, 3.63) is 34.4 Å². The monoisotopic (exact) mass is 286 g/mol. The van der Waals surface area contributed by atoms with Gasteiger partial charge in [0.05, 0.1) is 6.10 Å². The number of benzene rings is 1. The van der Waals surface area contributed by atoms with Crippen LogP contribution in [0.25, 0.3) is 0 Å². The van der Waals surface area contributed by atoms with E-state index in [0.29, 0.717) is 0 Å². The Bertz CT molecular complexity index is 568. The third kappa shape index (κ3) is 2.25. The van der Waals surface area contributed by atoms with Crippen molar-refractivity contribution < 1.29 is 5.11 Å². The summed E-state index contributed by atoms with van der Waals surface area (Å²) in [7, 11) is 0. The summed E-state index contributed by atoms with van der Waals surface area (Å²) < 4.78 is 0. The molecule has 21 heavy (non-hydrogen) atoms. The minimum Gasteiger partial charge on any atom is -0.392 e. The van der Waals surface area contributed by atoms with Crippen LogP contribution < -0.4 is 0 Å². The molecule has 2 aliphatic rings. The quantitative estimate of drug-likeness (QED) is 0.841. The van der Waals surface area contributed by atoms with Gasteiger partial charge in [-0.05, 0) is 65.7 Å². The highest BCUT2D eigenvalue weighted by atomic mass is 16.3. The van der Waals surface area contributed by atoms with Crippen molar-refractivity contribution in [3.63, 3.8) is 0 Å². The van der Waals surface area contributed by atoms with Gasteiger partial charge in [0, 0.05) is 5.41 Å². The Morgan fingerprint density at radius 3 is 2.10 bits per heavy atom. The highest BCUT2D eigenvalue weighted by Gasteiger charge is 2.51. The van der Waals surface area contributed by atoms with Gasteiger partial charge < -0.3 is 5.11 Å². The lowest BCUT2D eigenvalue weighted by molar-refractivity contribution is 0.150. The number of hydrogen-bond acceptors (Lipinski definition) is 1. The molecule has 1 fully saturated rings. The Kier molecular flexibility index (Phi) is 3.12. The lowest BCUT2D eigenvalue weighted by Crippen LogP contribution is -2.26. The van der Waals surface area contributed by atoms with Crippen LogP contribution in [0.3, 0.4) is 0 Å². The van der Waals surface area contributed by atoms with E-state index in [1.54, 1.807) is 5.56 Å². The minimum absolute atomic E-state index is 0.0474. The molecule has 0 saturated heterocycles. The van der Waals surface area contributed by atoms with E-state index in [1.807, 2.05) is 6.92 Å². The van der Waals surface area contributed by atoms with E-state index in [2.05, 4.69) is 46.8 Å². The van der Waals surface area contributed by atoms with E-state index in [9.17, 15) is 5.11 Å². The molecule has 0 spiro atoms. The second-order valence-electron chi connectivity index (χ2n) is 9.02.